The summed E-state index contributed by atoms with van der Waals surface area (Å²) >= 11 is 0. The van der Waals surface area contributed by atoms with Crippen LogP contribution in [0.5, 0.6) is 0 Å². The van der Waals surface area contributed by atoms with Gasteiger partial charge < -0.3 is 15.4 Å². The van der Waals surface area contributed by atoms with E-state index in [4.69, 9.17) is 10.5 Å². The third-order valence-corrected chi connectivity index (χ3v) is 3.54. The predicted octanol–water partition coefficient (Wildman–Crippen LogP) is 0.514. The van der Waals surface area contributed by atoms with Crippen LogP contribution in [0.1, 0.15) is 13.8 Å². The molecule has 0 aromatic carbocycles. The van der Waals surface area contributed by atoms with Gasteiger partial charge in [0, 0.05) is 6.20 Å². The Morgan fingerprint density at radius 3 is 2.80 bits per heavy atom. The van der Waals surface area contributed by atoms with Crippen molar-refractivity contribution >= 4 is 22.7 Å². The van der Waals surface area contributed by atoms with Crippen LogP contribution in [0.2, 0.25) is 0 Å². The van der Waals surface area contributed by atoms with Crippen LogP contribution in [-0.2, 0) is 4.74 Å². The summed E-state index contributed by atoms with van der Waals surface area (Å²) in [6.07, 6.45) is 1.62. The Kier molecular flexibility index (Phi) is 3.06. The number of hydrogen-bond donors (Lipinski definition) is 2. The number of H-pyrrole nitrogens is 1. The number of ether oxygens (including phenoxy) is 1. The largest absolute Gasteiger partial charge is 0.377 e. The minimum absolute atomic E-state index is 0.102. The highest BCUT2D eigenvalue weighted by Crippen LogP contribution is 2.26. The average Bonchev–Trinajstić information content (AvgIpc) is 2.39. The van der Waals surface area contributed by atoms with Gasteiger partial charge in [-0.1, -0.05) is 0 Å². The maximum Gasteiger partial charge on any atom is 0.260 e. The van der Waals surface area contributed by atoms with Crippen molar-refractivity contribution in [1.82, 2.24) is 15.0 Å². The SMILES string of the molecule is C[C@@H]1COC[C@H](C)N1c1nccc2c(=O)[nH]c(N)nc12. The molecule has 106 valence electrons. The number of nitrogen functional groups attached to an aromatic ring is 1. The highest BCUT2D eigenvalue weighted by molar-refractivity contribution is 5.88. The first kappa shape index (κ1) is 12.9. The van der Waals surface area contributed by atoms with Crippen molar-refractivity contribution in [2.75, 3.05) is 23.8 Å². The second-order valence-corrected chi connectivity index (χ2v) is 5.12. The van der Waals surface area contributed by atoms with E-state index in [1.54, 1.807) is 12.3 Å². The first-order chi connectivity index (χ1) is 9.58. The van der Waals surface area contributed by atoms with Crippen molar-refractivity contribution in [3.8, 4) is 0 Å². The molecule has 0 radical (unpaired) electrons. The summed E-state index contributed by atoms with van der Waals surface area (Å²) < 4.78 is 5.52. The topological polar surface area (TPSA) is 97.1 Å². The molecule has 0 aliphatic carbocycles. The van der Waals surface area contributed by atoms with E-state index in [1.807, 2.05) is 0 Å². The molecule has 1 fully saturated rings. The number of aromatic amines is 1. The fraction of sp³-hybridized carbons (Fsp3) is 0.462. The van der Waals surface area contributed by atoms with E-state index in [2.05, 4.69) is 33.7 Å². The van der Waals surface area contributed by atoms with Crippen molar-refractivity contribution in [3.63, 3.8) is 0 Å². The van der Waals surface area contributed by atoms with Gasteiger partial charge in [0.2, 0.25) is 5.95 Å². The number of fused-ring (bicyclic) bond motifs is 1. The van der Waals surface area contributed by atoms with Crippen LogP contribution in [0.3, 0.4) is 0 Å². The molecule has 1 saturated heterocycles. The number of nitrogens with zero attached hydrogens (tertiary/aromatic N) is 3. The molecule has 3 heterocycles. The minimum Gasteiger partial charge on any atom is -0.377 e. The number of hydrogen-bond acceptors (Lipinski definition) is 6. The van der Waals surface area contributed by atoms with Gasteiger partial charge in [-0.2, -0.15) is 0 Å². The number of morpholine rings is 1. The molecule has 0 bridgehead atoms. The van der Waals surface area contributed by atoms with Gasteiger partial charge in [-0.15, -0.1) is 0 Å². The van der Waals surface area contributed by atoms with Crippen LogP contribution in [0.4, 0.5) is 11.8 Å². The van der Waals surface area contributed by atoms with Gasteiger partial charge in [0.05, 0.1) is 30.7 Å². The van der Waals surface area contributed by atoms with Gasteiger partial charge in [0.1, 0.15) is 5.52 Å². The Morgan fingerprint density at radius 2 is 2.10 bits per heavy atom. The van der Waals surface area contributed by atoms with Crippen molar-refractivity contribution < 1.29 is 4.74 Å². The van der Waals surface area contributed by atoms with E-state index < -0.39 is 0 Å². The van der Waals surface area contributed by atoms with Crippen LogP contribution >= 0.6 is 0 Å². The summed E-state index contributed by atoms with van der Waals surface area (Å²) in [4.78, 5) is 25.3. The molecule has 0 amide bonds. The second-order valence-electron chi connectivity index (χ2n) is 5.12. The van der Waals surface area contributed by atoms with E-state index in [1.165, 1.54) is 0 Å². The number of nitrogens with one attached hydrogen (secondary N) is 1. The third kappa shape index (κ3) is 2.00. The van der Waals surface area contributed by atoms with Crippen LogP contribution in [0.25, 0.3) is 10.9 Å². The van der Waals surface area contributed by atoms with Gasteiger partial charge >= 0.3 is 0 Å². The monoisotopic (exact) mass is 275 g/mol. The molecule has 1 aliphatic heterocycles. The fourth-order valence-electron chi connectivity index (χ4n) is 2.68. The summed E-state index contributed by atoms with van der Waals surface area (Å²) in [5.41, 5.74) is 5.95. The lowest BCUT2D eigenvalue weighted by molar-refractivity contribution is 0.0753. The van der Waals surface area contributed by atoms with E-state index in [0.29, 0.717) is 29.9 Å². The first-order valence-electron chi connectivity index (χ1n) is 6.58. The maximum absolute atomic E-state index is 12.0. The van der Waals surface area contributed by atoms with E-state index in [0.717, 1.165) is 0 Å². The molecule has 20 heavy (non-hydrogen) atoms. The molecule has 2 aromatic rings. The number of anilines is 2. The molecule has 2 aromatic heterocycles. The van der Waals surface area contributed by atoms with Crippen molar-refractivity contribution in [3.05, 3.63) is 22.6 Å². The quantitative estimate of drug-likeness (QED) is 0.787. The Hall–Kier alpha value is -2.15. The van der Waals surface area contributed by atoms with Gasteiger partial charge in [-0.05, 0) is 19.9 Å². The minimum atomic E-state index is -0.246. The smallest absolute Gasteiger partial charge is 0.260 e. The summed E-state index contributed by atoms with van der Waals surface area (Å²) in [6, 6.07) is 1.98. The van der Waals surface area contributed by atoms with Crippen LogP contribution in [-0.4, -0.2) is 40.2 Å². The second kappa shape index (κ2) is 4.75. The summed E-state index contributed by atoms with van der Waals surface area (Å²) in [5, 5.41) is 0.495. The summed E-state index contributed by atoms with van der Waals surface area (Å²) in [7, 11) is 0. The normalized spacial score (nSPS) is 23.2. The molecule has 0 saturated carbocycles. The molecule has 7 nitrogen and oxygen atoms in total. The average molecular weight is 275 g/mol. The highest BCUT2D eigenvalue weighted by Gasteiger charge is 2.28. The first-order valence-corrected chi connectivity index (χ1v) is 6.58. The Balaban J connectivity index is 2.23. The summed E-state index contributed by atoms with van der Waals surface area (Å²) in [5.74, 6) is 0.786. The number of nitrogens with two attached hydrogens (primary N) is 1. The fourth-order valence-corrected chi connectivity index (χ4v) is 2.68. The Labute approximate surface area is 115 Å². The molecular formula is C13H17N5O2. The molecule has 1 aliphatic rings. The lowest BCUT2D eigenvalue weighted by atomic mass is 10.1. The Bertz CT molecular complexity index is 689. The van der Waals surface area contributed by atoms with E-state index in [9.17, 15) is 4.79 Å². The zero-order valence-electron chi connectivity index (χ0n) is 11.5. The standard InChI is InChI=1S/C13H17N5O2/c1-7-5-20-6-8(2)18(7)11-10-9(3-4-15-11)12(19)17-13(14)16-10/h3-4,7-8H,5-6H2,1-2H3,(H3,14,16,17,19)/t7-,8+. The Morgan fingerprint density at radius 1 is 1.40 bits per heavy atom. The molecular weight excluding hydrogens is 258 g/mol. The van der Waals surface area contributed by atoms with Crippen LogP contribution in [0, 0.1) is 0 Å². The molecule has 0 unspecified atom stereocenters. The van der Waals surface area contributed by atoms with Crippen LogP contribution in [0.15, 0.2) is 17.1 Å². The zero-order chi connectivity index (χ0) is 14.3. The zero-order valence-corrected chi connectivity index (χ0v) is 11.5. The lowest BCUT2D eigenvalue weighted by Gasteiger charge is -2.39. The molecule has 0 spiro atoms. The van der Waals surface area contributed by atoms with E-state index in [-0.39, 0.29) is 23.6 Å². The third-order valence-electron chi connectivity index (χ3n) is 3.54. The number of pyridine rings is 1. The molecule has 3 rings (SSSR count). The highest BCUT2D eigenvalue weighted by atomic mass is 16.5. The van der Waals surface area contributed by atoms with Crippen LogP contribution < -0.4 is 16.2 Å². The van der Waals surface area contributed by atoms with Gasteiger partial charge in [0.15, 0.2) is 5.82 Å². The molecule has 7 heteroatoms. The van der Waals surface area contributed by atoms with Crippen molar-refractivity contribution in [1.29, 1.82) is 0 Å². The van der Waals surface area contributed by atoms with Gasteiger partial charge in [0.25, 0.3) is 5.56 Å². The van der Waals surface area contributed by atoms with Gasteiger partial charge in [-0.3, -0.25) is 9.78 Å². The van der Waals surface area contributed by atoms with E-state index >= 15 is 0 Å². The molecule has 2 atom stereocenters. The maximum atomic E-state index is 12.0. The van der Waals surface area contributed by atoms with Crippen molar-refractivity contribution in [2.24, 2.45) is 0 Å². The van der Waals surface area contributed by atoms with Gasteiger partial charge in [-0.25, -0.2) is 9.97 Å². The lowest BCUT2D eigenvalue weighted by Crippen LogP contribution is -2.50. The number of rotatable bonds is 1. The summed E-state index contributed by atoms with van der Waals surface area (Å²) in [6.45, 7) is 5.38. The predicted molar refractivity (Wildman–Crippen MR) is 76.8 cm³/mol. The number of aromatic nitrogens is 3. The molecule has 3 N–H and O–H groups in total. The van der Waals surface area contributed by atoms with Crippen molar-refractivity contribution in [2.45, 2.75) is 25.9 Å².